The number of phenols is 2. The lowest BCUT2D eigenvalue weighted by Crippen LogP contribution is -2.14. The van der Waals surface area contributed by atoms with Gasteiger partial charge in [0, 0.05) is 17.7 Å². The van der Waals surface area contributed by atoms with Gasteiger partial charge in [0.15, 0.2) is 5.75 Å². The van der Waals surface area contributed by atoms with E-state index in [0.717, 1.165) is 17.7 Å². The molecule has 0 heterocycles. The molecule has 0 amide bonds. The van der Waals surface area contributed by atoms with Gasteiger partial charge in [0.2, 0.25) is 0 Å². The third kappa shape index (κ3) is 3.57. The summed E-state index contributed by atoms with van der Waals surface area (Å²) in [4.78, 5) is 21.6. The van der Waals surface area contributed by atoms with E-state index >= 15 is 0 Å². The van der Waals surface area contributed by atoms with E-state index in [2.05, 4.69) is 0 Å². The average molecular weight is 317 g/mol. The molecular formula is C16H15NO6. The monoisotopic (exact) mass is 317 g/mol. The van der Waals surface area contributed by atoms with Gasteiger partial charge < -0.3 is 15.3 Å². The Kier molecular flexibility index (Phi) is 4.49. The zero-order valence-corrected chi connectivity index (χ0v) is 12.3. The fourth-order valence-electron chi connectivity index (χ4n) is 2.29. The first-order chi connectivity index (χ1) is 10.8. The number of nitrogens with zero attached hydrogens (tertiary/aromatic N) is 1. The first-order valence-corrected chi connectivity index (χ1v) is 6.78. The summed E-state index contributed by atoms with van der Waals surface area (Å²) in [6.45, 7) is 1.87. The van der Waals surface area contributed by atoms with E-state index in [1.165, 1.54) is 0 Å². The maximum Gasteiger partial charge on any atom is 0.311 e. The summed E-state index contributed by atoms with van der Waals surface area (Å²) < 4.78 is 0. The standard InChI is InChI=1S/C16H15NO6/c1-9-2-4-10(5-3-9)12(16(20)21)6-11-7-13(17(22)23)15(19)8-14(11)18/h2-5,7-8,12,18-19H,6H2,1H3,(H,20,21). The largest absolute Gasteiger partial charge is 0.508 e. The van der Waals surface area contributed by atoms with E-state index in [1.54, 1.807) is 24.3 Å². The summed E-state index contributed by atoms with van der Waals surface area (Å²) in [6, 6.07) is 8.71. The number of aliphatic carboxylic acids is 1. The van der Waals surface area contributed by atoms with Crippen molar-refractivity contribution >= 4 is 11.7 Å². The van der Waals surface area contributed by atoms with E-state index in [9.17, 15) is 30.2 Å². The average Bonchev–Trinajstić information content (AvgIpc) is 2.47. The van der Waals surface area contributed by atoms with E-state index in [-0.39, 0.29) is 17.7 Å². The lowest BCUT2D eigenvalue weighted by atomic mass is 9.91. The molecule has 2 aromatic rings. The highest BCUT2D eigenvalue weighted by molar-refractivity contribution is 5.77. The number of aryl methyl sites for hydroxylation is 1. The Morgan fingerprint density at radius 1 is 1.17 bits per heavy atom. The molecule has 0 saturated heterocycles. The lowest BCUT2D eigenvalue weighted by molar-refractivity contribution is -0.385. The van der Waals surface area contributed by atoms with Crippen LogP contribution in [-0.4, -0.2) is 26.2 Å². The van der Waals surface area contributed by atoms with Crippen molar-refractivity contribution < 1.29 is 25.0 Å². The SMILES string of the molecule is Cc1ccc(C(Cc2cc([N+](=O)[O-])c(O)cc2O)C(=O)O)cc1. The van der Waals surface area contributed by atoms with Crippen LogP contribution in [0.25, 0.3) is 0 Å². The lowest BCUT2D eigenvalue weighted by Gasteiger charge is -2.14. The van der Waals surface area contributed by atoms with Crippen LogP contribution in [0.2, 0.25) is 0 Å². The smallest absolute Gasteiger partial charge is 0.311 e. The van der Waals surface area contributed by atoms with E-state index < -0.39 is 28.2 Å². The molecule has 7 heteroatoms. The van der Waals surface area contributed by atoms with Crippen LogP contribution >= 0.6 is 0 Å². The zero-order valence-electron chi connectivity index (χ0n) is 12.3. The Balaban J connectivity index is 2.41. The van der Waals surface area contributed by atoms with Gasteiger partial charge in [-0.15, -0.1) is 0 Å². The maximum atomic E-state index is 11.5. The molecule has 0 fully saturated rings. The number of benzene rings is 2. The van der Waals surface area contributed by atoms with E-state index in [1.807, 2.05) is 6.92 Å². The van der Waals surface area contributed by atoms with Gasteiger partial charge in [0.1, 0.15) is 5.75 Å². The Morgan fingerprint density at radius 2 is 1.78 bits per heavy atom. The second kappa shape index (κ2) is 6.35. The second-order valence-electron chi connectivity index (χ2n) is 5.23. The van der Waals surface area contributed by atoms with Crippen molar-refractivity contribution in [3.05, 3.63) is 63.2 Å². The Labute approximate surface area is 131 Å². The number of nitro groups is 1. The number of aromatic hydroxyl groups is 2. The summed E-state index contributed by atoms with van der Waals surface area (Å²) in [5, 5.41) is 39.6. The first-order valence-electron chi connectivity index (χ1n) is 6.78. The number of hydrogen-bond acceptors (Lipinski definition) is 5. The minimum absolute atomic E-state index is 0.0856. The number of nitro benzene ring substituents is 1. The van der Waals surface area contributed by atoms with Crippen molar-refractivity contribution in [2.45, 2.75) is 19.3 Å². The van der Waals surface area contributed by atoms with Crippen LogP contribution < -0.4 is 0 Å². The molecule has 3 N–H and O–H groups in total. The van der Waals surface area contributed by atoms with Crippen molar-refractivity contribution in [3.8, 4) is 11.5 Å². The molecule has 0 radical (unpaired) electrons. The van der Waals surface area contributed by atoms with E-state index in [4.69, 9.17) is 0 Å². The van der Waals surface area contributed by atoms with Crippen LogP contribution in [0.4, 0.5) is 5.69 Å². The molecule has 2 aromatic carbocycles. The highest BCUT2D eigenvalue weighted by Gasteiger charge is 2.24. The normalized spacial score (nSPS) is 11.9. The summed E-state index contributed by atoms with van der Waals surface area (Å²) >= 11 is 0. The fraction of sp³-hybridized carbons (Fsp3) is 0.188. The van der Waals surface area contributed by atoms with Crippen LogP contribution in [0.3, 0.4) is 0 Å². The fourth-order valence-corrected chi connectivity index (χ4v) is 2.29. The van der Waals surface area contributed by atoms with Gasteiger partial charge in [-0.3, -0.25) is 14.9 Å². The van der Waals surface area contributed by atoms with Gasteiger partial charge >= 0.3 is 11.7 Å². The molecule has 0 aromatic heterocycles. The topological polar surface area (TPSA) is 121 Å². The summed E-state index contributed by atoms with van der Waals surface area (Å²) in [6.07, 6.45) is -0.134. The van der Waals surface area contributed by atoms with E-state index in [0.29, 0.717) is 5.56 Å². The maximum absolute atomic E-state index is 11.5. The summed E-state index contributed by atoms with van der Waals surface area (Å²) in [5.41, 5.74) is 1.01. The molecule has 0 aliphatic rings. The Hall–Kier alpha value is -3.09. The first kappa shape index (κ1) is 16.3. The quantitative estimate of drug-likeness (QED) is 0.576. The van der Waals surface area contributed by atoms with Crippen molar-refractivity contribution in [1.29, 1.82) is 0 Å². The number of carboxylic acids is 1. The van der Waals surface area contributed by atoms with Crippen LogP contribution in [0.15, 0.2) is 36.4 Å². The molecule has 120 valence electrons. The third-order valence-electron chi connectivity index (χ3n) is 3.57. The molecular weight excluding hydrogens is 302 g/mol. The van der Waals surface area contributed by atoms with Crippen molar-refractivity contribution in [3.63, 3.8) is 0 Å². The summed E-state index contributed by atoms with van der Waals surface area (Å²) in [7, 11) is 0. The van der Waals surface area contributed by atoms with Crippen LogP contribution in [0.1, 0.15) is 22.6 Å². The highest BCUT2D eigenvalue weighted by atomic mass is 16.6. The van der Waals surface area contributed by atoms with Crippen LogP contribution in [0, 0.1) is 17.0 Å². The minimum atomic E-state index is -1.11. The molecule has 1 atom stereocenters. The number of rotatable bonds is 5. The molecule has 0 aliphatic heterocycles. The molecule has 0 aliphatic carbocycles. The molecule has 23 heavy (non-hydrogen) atoms. The highest BCUT2D eigenvalue weighted by Crippen LogP contribution is 2.35. The molecule has 2 rings (SSSR count). The third-order valence-corrected chi connectivity index (χ3v) is 3.57. The molecule has 7 nitrogen and oxygen atoms in total. The number of phenolic OH excluding ortho intramolecular Hbond substituents is 2. The zero-order chi connectivity index (χ0) is 17.1. The van der Waals surface area contributed by atoms with Crippen molar-refractivity contribution in [2.24, 2.45) is 0 Å². The number of hydrogen-bond donors (Lipinski definition) is 3. The Bertz CT molecular complexity index is 754. The number of carboxylic acid groups (broad SMARTS) is 1. The number of carbonyl (C=O) groups is 1. The van der Waals surface area contributed by atoms with Gasteiger partial charge in [0.25, 0.3) is 0 Å². The van der Waals surface area contributed by atoms with Crippen molar-refractivity contribution in [2.75, 3.05) is 0 Å². The molecule has 0 bridgehead atoms. The van der Waals surface area contributed by atoms with Gasteiger partial charge in [-0.25, -0.2) is 0 Å². The van der Waals surface area contributed by atoms with Gasteiger partial charge in [0.05, 0.1) is 10.8 Å². The van der Waals surface area contributed by atoms with Crippen LogP contribution in [0.5, 0.6) is 11.5 Å². The van der Waals surface area contributed by atoms with Crippen LogP contribution in [-0.2, 0) is 11.2 Å². The van der Waals surface area contributed by atoms with Crippen molar-refractivity contribution in [1.82, 2.24) is 0 Å². The second-order valence-corrected chi connectivity index (χ2v) is 5.23. The van der Waals surface area contributed by atoms with Gasteiger partial charge in [-0.05, 0) is 18.9 Å². The predicted molar refractivity (Wildman–Crippen MR) is 81.7 cm³/mol. The summed E-state index contributed by atoms with van der Waals surface area (Å²) in [5.74, 6) is -3.13. The van der Waals surface area contributed by atoms with Gasteiger partial charge in [-0.1, -0.05) is 29.8 Å². The Morgan fingerprint density at radius 3 is 2.30 bits per heavy atom. The molecule has 0 spiro atoms. The molecule has 0 saturated carbocycles. The van der Waals surface area contributed by atoms with Gasteiger partial charge in [-0.2, -0.15) is 0 Å². The minimum Gasteiger partial charge on any atom is -0.508 e. The predicted octanol–water partition coefficient (Wildman–Crippen LogP) is 2.73. The molecule has 1 unspecified atom stereocenters.